The fourth-order valence-electron chi connectivity index (χ4n) is 4.20. The molecule has 0 aliphatic rings. The van der Waals surface area contributed by atoms with Crippen LogP contribution in [-0.4, -0.2) is 43.9 Å². The van der Waals surface area contributed by atoms with Crippen molar-refractivity contribution in [3.05, 3.63) is 0 Å². The molecule has 0 rings (SSSR count). The molecule has 0 radical (unpaired) electrons. The Balaban J connectivity index is 3.65. The average Bonchev–Trinajstić information content (AvgIpc) is 2.75. The quantitative estimate of drug-likeness (QED) is 0.111. The van der Waals surface area contributed by atoms with E-state index in [4.69, 9.17) is 10.2 Å². The summed E-state index contributed by atoms with van der Waals surface area (Å²) < 4.78 is 0. The van der Waals surface area contributed by atoms with E-state index in [0.717, 1.165) is 116 Å². The van der Waals surface area contributed by atoms with Gasteiger partial charge in [0.2, 0.25) is 0 Å². The third-order valence-electron chi connectivity index (χ3n) is 6.36. The van der Waals surface area contributed by atoms with E-state index in [-0.39, 0.29) is 12.8 Å². The Morgan fingerprint density at radius 3 is 0.909 bits per heavy atom. The first-order chi connectivity index (χ1) is 15.8. The molecular formula is C26H48O7. The fourth-order valence-corrected chi connectivity index (χ4v) is 4.20. The molecule has 7 heteroatoms. The van der Waals surface area contributed by atoms with E-state index in [2.05, 4.69) is 0 Å². The fraction of sp³-hybridized carbons (Fsp3) is 0.885. The monoisotopic (exact) mass is 472 g/mol. The summed E-state index contributed by atoms with van der Waals surface area (Å²) in [6, 6.07) is 0. The zero-order valence-corrected chi connectivity index (χ0v) is 20.6. The van der Waals surface area contributed by atoms with Crippen LogP contribution in [0, 0.1) is 0 Å². The summed E-state index contributed by atoms with van der Waals surface area (Å²) >= 11 is 0. The van der Waals surface area contributed by atoms with Crippen LogP contribution in [0.5, 0.6) is 0 Å². The molecule has 0 aliphatic carbocycles. The highest BCUT2D eigenvalue weighted by Gasteiger charge is 2.34. The van der Waals surface area contributed by atoms with Gasteiger partial charge < -0.3 is 20.4 Å². The SMILES string of the molecule is O=C(O)CCCCCCCCCCCC(O)(CCCCCCCCCCCC(=O)O)C(=O)O. The van der Waals surface area contributed by atoms with Gasteiger partial charge in [-0.05, 0) is 38.5 Å². The van der Waals surface area contributed by atoms with Gasteiger partial charge in [0.15, 0.2) is 5.60 Å². The molecule has 0 fully saturated rings. The van der Waals surface area contributed by atoms with Crippen LogP contribution in [-0.2, 0) is 14.4 Å². The van der Waals surface area contributed by atoms with E-state index < -0.39 is 23.5 Å². The maximum atomic E-state index is 11.6. The first kappa shape index (κ1) is 31.4. The lowest BCUT2D eigenvalue weighted by Crippen LogP contribution is -2.38. The summed E-state index contributed by atoms with van der Waals surface area (Å²) in [7, 11) is 0. The molecule has 7 nitrogen and oxygen atoms in total. The second kappa shape index (κ2) is 20.9. The molecule has 0 spiro atoms. The third kappa shape index (κ3) is 20.7. The molecule has 0 aromatic rings. The Morgan fingerprint density at radius 1 is 0.424 bits per heavy atom. The molecule has 194 valence electrons. The number of carbonyl (C=O) groups is 3. The van der Waals surface area contributed by atoms with Crippen molar-refractivity contribution in [3.63, 3.8) is 0 Å². The van der Waals surface area contributed by atoms with Gasteiger partial charge in [-0.2, -0.15) is 0 Å². The molecule has 4 N–H and O–H groups in total. The zero-order valence-electron chi connectivity index (χ0n) is 20.6. The second-order valence-corrected chi connectivity index (χ2v) is 9.49. The van der Waals surface area contributed by atoms with Crippen molar-refractivity contribution in [1.29, 1.82) is 0 Å². The van der Waals surface area contributed by atoms with E-state index >= 15 is 0 Å². The topological polar surface area (TPSA) is 132 Å². The molecule has 0 aliphatic heterocycles. The largest absolute Gasteiger partial charge is 0.481 e. The van der Waals surface area contributed by atoms with Gasteiger partial charge in [-0.25, -0.2) is 4.79 Å². The first-order valence-electron chi connectivity index (χ1n) is 13.2. The molecule has 0 saturated carbocycles. The Bertz CT molecular complexity index is 483. The summed E-state index contributed by atoms with van der Waals surface area (Å²) in [4.78, 5) is 32.5. The van der Waals surface area contributed by atoms with Crippen LogP contribution in [0.25, 0.3) is 0 Å². The van der Waals surface area contributed by atoms with Crippen molar-refractivity contribution < 1.29 is 34.8 Å². The van der Waals surface area contributed by atoms with Gasteiger partial charge in [0.05, 0.1) is 0 Å². The summed E-state index contributed by atoms with van der Waals surface area (Å²) in [6.45, 7) is 0. The lowest BCUT2D eigenvalue weighted by atomic mass is 9.89. The minimum absolute atomic E-state index is 0.254. The molecule has 0 aromatic heterocycles. The summed E-state index contributed by atoms with van der Waals surface area (Å²) in [5.74, 6) is -2.56. The van der Waals surface area contributed by atoms with Crippen LogP contribution in [0.4, 0.5) is 0 Å². The van der Waals surface area contributed by atoms with Gasteiger partial charge in [0.25, 0.3) is 0 Å². The highest BCUT2D eigenvalue weighted by molar-refractivity contribution is 5.76. The molecule has 0 heterocycles. The van der Waals surface area contributed by atoms with E-state index in [1.807, 2.05) is 0 Å². The predicted molar refractivity (Wildman–Crippen MR) is 129 cm³/mol. The standard InChI is InChI=1S/C26H48O7/c27-23(28)19-15-11-7-3-1-5-9-13-17-21-26(33,25(31)32)22-18-14-10-6-2-4-8-12-16-20-24(29)30/h33H,1-22H2,(H,27,28)(H,29,30)(H,31,32). The molecule has 0 amide bonds. The van der Waals surface area contributed by atoms with Crippen LogP contribution in [0.15, 0.2) is 0 Å². The van der Waals surface area contributed by atoms with E-state index in [9.17, 15) is 24.6 Å². The van der Waals surface area contributed by atoms with Gasteiger partial charge in [-0.15, -0.1) is 0 Å². The van der Waals surface area contributed by atoms with Gasteiger partial charge in [-0.3, -0.25) is 9.59 Å². The highest BCUT2D eigenvalue weighted by atomic mass is 16.4. The molecule has 0 unspecified atom stereocenters. The zero-order chi connectivity index (χ0) is 24.8. The first-order valence-corrected chi connectivity index (χ1v) is 13.2. The van der Waals surface area contributed by atoms with Crippen molar-refractivity contribution in [1.82, 2.24) is 0 Å². The second-order valence-electron chi connectivity index (χ2n) is 9.49. The highest BCUT2D eigenvalue weighted by Crippen LogP contribution is 2.24. The maximum Gasteiger partial charge on any atom is 0.335 e. The van der Waals surface area contributed by atoms with Crippen LogP contribution in [0.1, 0.15) is 141 Å². The van der Waals surface area contributed by atoms with Crippen molar-refractivity contribution >= 4 is 17.9 Å². The Labute approximate surface area is 200 Å². The van der Waals surface area contributed by atoms with Crippen LogP contribution in [0.3, 0.4) is 0 Å². The van der Waals surface area contributed by atoms with Gasteiger partial charge in [-0.1, -0.05) is 89.9 Å². The Kier molecular flexibility index (Phi) is 19.9. The van der Waals surface area contributed by atoms with Crippen LogP contribution >= 0.6 is 0 Å². The normalized spacial score (nSPS) is 11.5. The van der Waals surface area contributed by atoms with Crippen LogP contribution in [0.2, 0.25) is 0 Å². The summed E-state index contributed by atoms with van der Waals surface area (Å²) in [5.41, 5.74) is -1.60. The number of unbranched alkanes of at least 4 members (excludes halogenated alkanes) is 16. The molecule has 0 aromatic carbocycles. The van der Waals surface area contributed by atoms with E-state index in [1.54, 1.807) is 0 Å². The number of carboxylic acid groups (broad SMARTS) is 3. The molecule has 0 bridgehead atoms. The Hall–Kier alpha value is -1.63. The van der Waals surface area contributed by atoms with E-state index in [1.165, 1.54) is 0 Å². The summed E-state index contributed by atoms with van der Waals surface area (Å²) in [5, 5.41) is 37.2. The average molecular weight is 473 g/mol. The van der Waals surface area contributed by atoms with Crippen molar-refractivity contribution in [2.24, 2.45) is 0 Å². The molecule has 0 saturated heterocycles. The lowest BCUT2D eigenvalue weighted by Gasteiger charge is -2.23. The smallest absolute Gasteiger partial charge is 0.335 e. The van der Waals surface area contributed by atoms with Gasteiger partial charge in [0, 0.05) is 12.8 Å². The van der Waals surface area contributed by atoms with E-state index in [0.29, 0.717) is 12.8 Å². The summed E-state index contributed by atoms with van der Waals surface area (Å²) in [6.07, 6.45) is 18.8. The number of aliphatic hydroxyl groups is 1. The van der Waals surface area contributed by atoms with Crippen molar-refractivity contribution in [2.45, 2.75) is 147 Å². The number of aliphatic carboxylic acids is 3. The molecular weight excluding hydrogens is 424 g/mol. The number of rotatable bonds is 25. The number of carboxylic acids is 3. The lowest BCUT2D eigenvalue weighted by molar-refractivity contribution is -0.160. The third-order valence-corrected chi connectivity index (χ3v) is 6.36. The molecule has 33 heavy (non-hydrogen) atoms. The van der Waals surface area contributed by atoms with Crippen molar-refractivity contribution in [3.8, 4) is 0 Å². The van der Waals surface area contributed by atoms with Gasteiger partial charge >= 0.3 is 17.9 Å². The minimum Gasteiger partial charge on any atom is -0.481 e. The molecule has 0 atom stereocenters. The van der Waals surface area contributed by atoms with Crippen LogP contribution < -0.4 is 0 Å². The maximum absolute atomic E-state index is 11.6. The van der Waals surface area contributed by atoms with Gasteiger partial charge in [0.1, 0.15) is 0 Å². The predicted octanol–water partition coefficient (Wildman–Crippen LogP) is 6.55. The number of hydrogen-bond donors (Lipinski definition) is 4. The Morgan fingerprint density at radius 2 is 0.667 bits per heavy atom. The minimum atomic E-state index is -1.60. The van der Waals surface area contributed by atoms with Crippen molar-refractivity contribution in [2.75, 3.05) is 0 Å². The number of hydrogen-bond acceptors (Lipinski definition) is 4.